The second-order valence-electron chi connectivity index (χ2n) is 12.5. The van der Waals surface area contributed by atoms with Crippen LogP contribution in [-0.2, 0) is 45.8 Å². The fraction of sp³-hybridized carbons (Fsp3) is 0.361. The number of ether oxygens (including phenoxy) is 3. The van der Waals surface area contributed by atoms with Crippen LogP contribution in [0.4, 0.5) is 0 Å². The van der Waals surface area contributed by atoms with E-state index in [0.717, 1.165) is 22.3 Å². The number of amides is 2. The Bertz CT molecular complexity index is 1620. The molecule has 3 heterocycles. The Morgan fingerprint density at radius 3 is 2.21 bits per heavy atom. The number of nitrogens with zero attached hydrogens (tertiary/aromatic N) is 2. The van der Waals surface area contributed by atoms with Gasteiger partial charge in [-0.25, -0.2) is 0 Å². The molecule has 2 amide bonds. The van der Waals surface area contributed by atoms with Crippen LogP contribution in [0.5, 0.6) is 0 Å². The van der Waals surface area contributed by atoms with Crippen LogP contribution in [0.3, 0.4) is 0 Å². The van der Waals surface area contributed by atoms with Gasteiger partial charge >= 0.3 is 5.97 Å². The lowest BCUT2D eigenvalue weighted by atomic mass is 9.62. The lowest BCUT2D eigenvalue weighted by molar-refractivity contribution is -0.213. The van der Waals surface area contributed by atoms with Crippen molar-refractivity contribution in [3.8, 4) is 0 Å². The molecule has 6 atom stereocenters. The standard InChI is InChI=1S/C36H37N3O8/c1-38(2)28(41)18-17-23-13-15-24(16-14-23)22-39-31-33(42)44-27-21-35(31,34(43)37-19-20-40)32(47-39)30-29(27)45-36(46-30,25-9-5-3-6-10-25)26-11-7-4-8-12-26/h3-18,27,29-32,40H,19-22H2,1-2H3,(H,37,43)/t27-,29-,30-,31-,32+,35-/m0/s1. The number of rotatable bonds is 9. The van der Waals surface area contributed by atoms with Gasteiger partial charge in [0.1, 0.15) is 29.8 Å². The van der Waals surface area contributed by atoms with Gasteiger partial charge < -0.3 is 29.5 Å². The Hall–Kier alpha value is -4.39. The molecule has 0 radical (unpaired) electrons. The third kappa shape index (κ3) is 5.24. The van der Waals surface area contributed by atoms with Crippen LogP contribution in [0.25, 0.3) is 6.08 Å². The van der Waals surface area contributed by atoms with Gasteiger partial charge in [-0.15, -0.1) is 0 Å². The fourth-order valence-electron chi connectivity index (χ4n) is 7.25. The van der Waals surface area contributed by atoms with Crippen LogP contribution < -0.4 is 5.32 Å². The van der Waals surface area contributed by atoms with Crippen LogP contribution in [0.15, 0.2) is 91.0 Å². The summed E-state index contributed by atoms with van der Waals surface area (Å²) >= 11 is 0. The molecule has 0 spiro atoms. The predicted octanol–water partition coefficient (Wildman–Crippen LogP) is 2.38. The second kappa shape index (κ2) is 12.3. The lowest BCUT2D eigenvalue weighted by Gasteiger charge is -2.48. The molecule has 4 aliphatic rings. The first-order chi connectivity index (χ1) is 22.8. The zero-order chi connectivity index (χ0) is 32.8. The summed E-state index contributed by atoms with van der Waals surface area (Å²) in [5.74, 6) is -2.45. The van der Waals surface area contributed by atoms with E-state index in [0.29, 0.717) is 0 Å². The molecule has 7 rings (SSSR count). The van der Waals surface area contributed by atoms with E-state index in [1.54, 1.807) is 20.2 Å². The Balaban J connectivity index is 1.25. The number of carbonyl (C=O) groups excluding carboxylic acids is 3. The van der Waals surface area contributed by atoms with Crippen molar-refractivity contribution < 1.29 is 38.5 Å². The maximum Gasteiger partial charge on any atom is 0.327 e. The van der Waals surface area contributed by atoms with E-state index in [-0.39, 0.29) is 32.0 Å². The second-order valence-corrected chi connectivity index (χ2v) is 12.5. The summed E-state index contributed by atoms with van der Waals surface area (Å²) in [4.78, 5) is 48.1. The van der Waals surface area contributed by atoms with Gasteiger partial charge in [-0.1, -0.05) is 84.9 Å². The van der Waals surface area contributed by atoms with Gasteiger partial charge in [0, 0.05) is 44.3 Å². The monoisotopic (exact) mass is 639 g/mol. The number of fused-ring (bicyclic) bond motifs is 4. The van der Waals surface area contributed by atoms with Crippen molar-refractivity contribution in [3.63, 3.8) is 0 Å². The third-order valence-corrected chi connectivity index (χ3v) is 9.46. The van der Waals surface area contributed by atoms with Crippen molar-refractivity contribution in [1.82, 2.24) is 15.3 Å². The zero-order valence-electron chi connectivity index (χ0n) is 26.2. The molecule has 2 bridgehead atoms. The van der Waals surface area contributed by atoms with Crippen molar-refractivity contribution in [1.29, 1.82) is 0 Å². The summed E-state index contributed by atoms with van der Waals surface area (Å²) in [6.07, 6.45) is 0.224. The zero-order valence-corrected chi connectivity index (χ0v) is 26.2. The SMILES string of the molecule is CN(C)C(=O)C=Cc1ccc(CN2O[C@@H]3[C@H]4OC(c5ccccc5)(c5ccccc5)O[C@H]4[C@@H]4C[C@]3(C(=O)NCCO)[C@@H]2C(=O)O4)cc1. The molecule has 3 aliphatic heterocycles. The van der Waals surface area contributed by atoms with E-state index in [2.05, 4.69) is 5.32 Å². The molecule has 2 N–H and O–H groups in total. The summed E-state index contributed by atoms with van der Waals surface area (Å²) in [5, 5.41) is 13.9. The first-order valence-electron chi connectivity index (χ1n) is 15.7. The largest absolute Gasteiger partial charge is 0.458 e. The summed E-state index contributed by atoms with van der Waals surface area (Å²) in [7, 11) is 3.37. The highest BCUT2D eigenvalue weighted by Crippen LogP contribution is 2.59. The average Bonchev–Trinajstić information content (AvgIpc) is 3.67. The number of aliphatic hydroxyl groups is 1. The number of benzene rings is 3. The molecule has 3 aromatic rings. The van der Waals surface area contributed by atoms with Crippen molar-refractivity contribution in [2.24, 2.45) is 5.41 Å². The van der Waals surface area contributed by atoms with Crippen LogP contribution in [-0.4, -0.2) is 90.6 Å². The van der Waals surface area contributed by atoms with Gasteiger partial charge in [0.25, 0.3) is 0 Å². The van der Waals surface area contributed by atoms with Gasteiger partial charge in [0.15, 0.2) is 6.04 Å². The van der Waals surface area contributed by atoms with E-state index in [4.69, 9.17) is 19.0 Å². The molecular formula is C36H37N3O8. The van der Waals surface area contributed by atoms with Crippen molar-refractivity contribution in [2.45, 2.75) is 49.2 Å². The summed E-state index contributed by atoms with van der Waals surface area (Å²) in [6, 6.07) is 25.6. The fourth-order valence-corrected chi connectivity index (χ4v) is 7.25. The van der Waals surface area contributed by atoms with E-state index in [9.17, 15) is 19.5 Å². The number of likely N-dealkylation sites (N-methyl/N-ethyl adjacent to an activating group) is 1. The topological polar surface area (TPSA) is 127 Å². The van der Waals surface area contributed by atoms with Gasteiger partial charge in [-0.2, -0.15) is 5.06 Å². The molecule has 11 heteroatoms. The minimum Gasteiger partial charge on any atom is -0.458 e. The normalized spacial score (nSPS) is 28.9. The third-order valence-electron chi connectivity index (χ3n) is 9.46. The molecule has 0 unspecified atom stereocenters. The highest BCUT2D eigenvalue weighted by atomic mass is 16.8. The molecule has 0 aromatic heterocycles. The highest BCUT2D eigenvalue weighted by molar-refractivity contribution is 5.93. The highest BCUT2D eigenvalue weighted by Gasteiger charge is 2.76. The summed E-state index contributed by atoms with van der Waals surface area (Å²) in [5.41, 5.74) is 1.81. The number of hydrogen-bond donors (Lipinski definition) is 2. The van der Waals surface area contributed by atoms with Gasteiger partial charge in [-0.3, -0.25) is 19.2 Å². The molecule has 4 fully saturated rings. The minimum atomic E-state index is -1.36. The Labute approximate surface area is 272 Å². The van der Waals surface area contributed by atoms with Crippen LogP contribution in [0.2, 0.25) is 0 Å². The number of hydrogen-bond acceptors (Lipinski definition) is 9. The Morgan fingerprint density at radius 2 is 1.60 bits per heavy atom. The van der Waals surface area contributed by atoms with Gasteiger partial charge in [-0.05, 0) is 17.2 Å². The number of hydroxylamine groups is 2. The molecular weight excluding hydrogens is 602 g/mol. The molecule has 3 saturated heterocycles. The number of aliphatic hydroxyl groups excluding tert-OH is 1. The van der Waals surface area contributed by atoms with E-state index in [1.807, 2.05) is 84.9 Å². The maximum atomic E-state index is 14.1. The van der Waals surface area contributed by atoms with Crippen LogP contribution in [0, 0.1) is 5.41 Å². The number of esters is 1. The van der Waals surface area contributed by atoms with Gasteiger partial charge in [0.05, 0.1) is 13.2 Å². The molecule has 3 aromatic carbocycles. The quantitative estimate of drug-likeness (QED) is 0.268. The summed E-state index contributed by atoms with van der Waals surface area (Å²) in [6.45, 7) is -0.0564. The number of carbonyl (C=O) groups is 3. The molecule has 1 saturated carbocycles. The van der Waals surface area contributed by atoms with Crippen molar-refractivity contribution in [3.05, 3.63) is 113 Å². The first kappa shape index (κ1) is 31.2. The molecule has 244 valence electrons. The predicted molar refractivity (Wildman–Crippen MR) is 169 cm³/mol. The minimum absolute atomic E-state index is 0.0223. The summed E-state index contributed by atoms with van der Waals surface area (Å²) < 4.78 is 19.9. The first-order valence-corrected chi connectivity index (χ1v) is 15.7. The maximum absolute atomic E-state index is 14.1. The van der Waals surface area contributed by atoms with Crippen molar-refractivity contribution in [2.75, 3.05) is 27.2 Å². The smallest absolute Gasteiger partial charge is 0.327 e. The van der Waals surface area contributed by atoms with Gasteiger partial charge in [0.2, 0.25) is 17.6 Å². The molecule has 1 aliphatic carbocycles. The Kier molecular flexibility index (Phi) is 8.19. The molecule has 47 heavy (non-hydrogen) atoms. The van der Waals surface area contributed by atoms with Crippen molar-refractivity contribution >= 4 is 23.9 Å². The lowest BCUT2D eigenvalue weighted by Crippen LogP contribution is -2.69. The van der Waals surface area contributed by atoms with E-state index >= 15 is 0 Å². The Morgan fingerprint density at radius 1 is 0.957 bits per heavy atom. The average molecular weight is 640 g/mol. The van der Waals surface area contributed by atoms with E-state index in [1.165, 1.54) is 16.0 Å². The van der Waals surface area contributed by atoms with E-state index < -0.39 is 53.5 Å². The molecule has 11 nitrogen and oxygen atoms in total. The van der Waals surface area contributed by atoms with Crippen LogP contribution >= 0.6 is 0 Å². The van der Waals surface area contributed by atoms with Crippen LogP contribution in [0.1, 0.15) is 28.7 Å². The number of nitrogens with one attached hydrogen (secondary N) is 1.